The number of aromatic nitrogens is 6. The van der Waals surface area contributed by atoms with Crippen LogP contribution in [0, 0.1) is 5.82 Å². The normalized spacial score (nSPS) is 10.7. The smallest absolute Gasteiger partial charge is 0.282 e. The molecular weight excluding hydrogens is 459 g/mol. The lowest BCUT2D eigenvalue weighted by atomic mass is 10.2. The van der Waals surface area contributed by atoms with Gasteiger partial charge in [-0.25, -0.2) is 29.0 Å². The zero-order valence-electron chi connectivity index (χ0n) is 18.8. The summed E-state index contributed by atoms with van der Waals surface area (Å²) in [4.78, 5) is 33.6. The predicted molar refractivity (Wildman–Crippen MR) is 132 cm³/mol. The predicted octanol–water partition coefficient (Wildman–Crippen LogP) is 4.39. The van der Waals surface area contributed by atoms with Crippen LogP contribution in [0.1, 0.15) is 19.7 Å². The number of rotatable bonds is 5. The average Bonchev–Trinajstić information content (AvgIpc) is 3.34. The number of benzene rings is 2. The lowest BCUT2D eigenvalue weighted by Crippen LogP contribution is -2.39. The van der Waals surface area contributed by atoms with Crippen molar-refractivity contribution in [1.29, 1.82) is 0 Å². The van der Waals surface area contributed by atoms with Crippen LogP contribution in [0.2, 0.25) is 5.02 Å². The van der Waals surface area contributed by atoms with Crippen molar-refractivity contribution in [3.8, 4) is 0 Å². The van der Waals surface area contributed by atoms with Crippen LogP contribution in [0.5, 0.6) is 0 Å². The zero-order valence-corrected chi connectivity index (χ0v) is 19.5. The Morgan fingerprint density at radius 3 is 2.65 bits per heavy atom. The molecule has 3 aromatic heterocycles. The van der Waals surface area contributed by atoms with Crippen LogP contribution >= 0.6 is 11.6 Å². The van der Waals surface area contributed by atoms with Gasteiger partial charge in [-0.15, -0.1) is 0 Å². The van der Waals surface area contributed by atoms with E-state index in [0.29, 0.717) is 44.4 Å². The maximum Gasteiger partial charge on any atom is 0.282 e. The maximum absolute atomic E-state index is 13.5. The molecule has 0 radical (unpaired) electrons. The number of nitrogens with one attached hydrogen (secondary N) is 2. The Labute approximate surface area is 199 Å². The largest absolute Gasteiger partial charge is 0.361 e. The summed E-state index contributed by atoms with van der Waals surface area (Å²) in [6.45, 7) is 4.16. The van der Waals surface area contributed by atoms with Crippen LogP contribution in [-0.2, 0) is 6.54 Å². The molecule has 0 fully saturated rings. The summed E-state index contributed by atoms with van der Waals surface area (Å²) in [5.74, 6) is 0.551. The minimum Gasteiger partial charge on any atom is -0.361 e. The molecule has 0 aliphatic carbocycles. The Bertz CT molecular complexity index is 1500. The van der Waals surface area contributed by atoms with E-state index in [-0.39, 0.29) is 17.9 Å². The molecule has 5 aromatic rings. The van der Waals surface area contributed by atoms with Crippen molar-refractivity contribution in [3.63, 3.8) is 0 Å². The van der Waals surface area contributed by atoms with Crippen molar-refractivity contribution in [1.82, 2.24) is 29.6 Å². The van der Waals surface area contributed by atoms with Crippen molar-refractivity contribution in [2.24, 2.45) is 0 Å². The second kappa shape index (κ2) is 9.84. The molecule has 0 atom stereocenters. The van der Waals surface area contributed by atoms with E-state index >= 15 is 0 Å². The highest BCUT2D eigenvalue weighted by molar-refractivity contribution is 6.35. The first-order valence-electron chi connectivity index (χ1n) is 10.6. The van der Waals surface area contributed by atoms with Crippen LogP contribution in [0.25, 0.3) is 22.1 Å². The summed E-state index contributed by atoms with van der Waals surface area (Å²) in [5, 5.41) is 5.38. The topological polar surface area (TPSA) is 105 Å². The number of H-pyrrole nitrogens is 1. The fourth-order valence-corrected chi connectivity index (χ4v) is 3.74. The number of imidazole rings is 1. The van der Waals surface area contributed by atoms with Gasteiger partial charge in [0.05, 0.1) is 34.5 Å². The van der Waals surface area contributed by atoms with Gasteiger partial charge in [-0.2, -0.15) is 0 Å². The number of halogens is 2. The van der Waals surface area contributed by atoms with Gasteiger partial charge < -0.3 is 10.3 Å². The Hall–Kier alpha value is -4.05. The number of hydrogen-bond acceptors (Lipinski definition) is 7. The number of aromatic amines is 1. The van der Waals surface area contributed by atoms with E-state index in [1.165, 1.54) is 29.5 Å². The van der Waals surface area contributed by atoms with Crippen molar-refractivity contribution in [2.75, 3.05) is 17.4 Å². The summed E-state index contributed by atoms with van der Waals surface area (Å²) in [6.07, 6.45) is 2.93. The van der Waals surface area contributed by atoms with E-state index in [9.17, 15) is 9.18 Å². The minimum absolute atomic E-state index is 0.161. The molecule has 3 heterocycles. The van der Waals surface area contributed by atoms with Crippen molar-refractivity contribution in [2.45, 2.75) is 20.4 Å². The maximum atomic E-state index is 13.5. The van der Waals surface area contributed by atoms with E-state index in [1.807, 2.05) is 13.8 Å². The molecule has 0 aliphatic heterocycles. The van der Waals surface area contributed by atoms with Gasteiger partial charge in [-0.05, 0) is 36.4 Å². The van der Waals surface area contributed by atoms with Gasteiger partial charge in [-0.1, -0.05) is 31.5 Å². The van der Waals surface area contributed by atoms with E-state index in [0.717, 1.165) is 0 Å². The van der Waals surface area contributed by atoms with E-state index < -0.39 is 0 Å². The fraction of sp³-hybridized carbons (Fsp3) is 0.174. The quantitative estimate of drug-likeness (QED) is 0.384. The van der Waals surface area contributed by atoms with Gasteiger partial charge in [0.25, 0.3) is 5.56 Å². The van der Waals surface area contributed by atoms with Gasteiger partial charge >= 0.3 is 0 Å². The first-order chi connectivity index (χ1) is 16.5. The van der Waals surface area contributed by atoms with Gasteiger partial charge in [-0.3, -0.25) is 9.80 Å². The van der Waals surface area contributed by atoms with Crippen molar-refractivity contribution in [3.05, 3.63) is 82.1 Å². The number of anilines is 2. The fourth-order valence-electron chi connectivity index (χ4n) is 3.49. The molecule has 174 valence electrons. The summed E-state index contributed by atoms with van der Waals surface area (Å²) in [7, 11) is 1.69. The third kappa shape index (κ3) is 4.27. The molecule has 0 saturated carbocycles. The number of nitrogens with zero attached hydrogens (tertiary/aromatic N) is 6. The first-order valence-corrected chi connectivity index (χ1v) is 11.0. The third-order valence-corrected chi connectivity index (χ3v) is 5.34. The summed E-state index contributed by atoms with van der Waals surface area (Å²) in [5.41, 5.74) is 1.87. The molecule has 0 amide bonds. The molecule has 34 heavy (non-hydrogen) atoms. The van der Waals surface area contributed by atoms with Crippen LogP contribution in [0.4, 0.5) is 15.9 Å². The van der Waals surface area contributed by atoms with Crippen molar-refractivity contribution < 1.29 is 4.39 Å². The van der Waals surface area contributed by atoms with Crippen LogP contribution in [0.15, 0.2) is 59.9 Å². The first kappa shape index (κ1) is 23.1. The highest BCUT2D eigenvalue weighted by Crippen LogP contribution is 2.22. The second-order valence-electron chi connectivity index (χ2n) is 6.96. The molecule has 0 saturated heterocycles. The van der Waals surface area contributed by atoms with Crippen molar-refractivity contribution >= 4 is 45.2 Å². The van der Waals surface area contributed by atoms with Gasteiger partial charge in [0, 0.05) is 7.05 Å². The minimum atomic E-state index is -0.372. The monoisotopic (exact) mass is 480 g/mol. The SMILES string of the molecule is CC.CN(c1ccc(F)cc1)n1c(CNc2ncnc3nc[nH]c23)nc2cccc(Cl)c2c1=O. The molecule has 9 nitrogen and oxygen atoms in total. The second-order valence-corrected chi connectivity index (χ2v) is 7.36. The molecule has 2 N–H and O–H groups in total. The Morgan fingerprint density at radius 2 is 1.88 bits per heavy atom. The lowest BCUT2D eigenvalue weighted by molar-refractivity contribution is 0.626. The summed E-state index contributed by atoms with van der Waals surface area (Å²) >= 11 is 6.32. The zero-order chi connectivity index (χ0) is 24.2. The van der Waals surface area contributed by atoms with E-state index in [1.54, 1.807) is 42.4 Å². The molecule has 2 aromatic carbocycles. The average molecular weight is 481 g/mol. The molecular formula is C23H22ClFN8O. The molecule has 11 heteroatoms. The molecule has 0 aliphatic rings. The van der Waals surface area contributed by atoms with E-state index in [2.05, 4.69) is 30.2 Å². The molecule has 0 spiro atoms. The van der Waals surface area contributed by atoms with Gasteiger partial charge in [0.2, 0.25) is 0 Å². The van der Waals surface area contributed by atoms with Crippen LogP contribution < -0.4 is 15.9 Å². The van der Waals surface area contributed by atoms with Gasteiger partial charge in [0.15, 0.2) is 17.3 Å². The van der Waals surface area contributed by atoms with E-state index in [4.69, 9.17) is 11.6 Å². The Kier molecular flexibility index (Phi) is 6.69. The Morgan fingerprint density at radius 1 is 1.12 bits per heavy atom. The van der Waals surface area contributed by atoms with Gasteiger partial charge in [0.1, 0.15) is 17.7 Å². The molecule has 0 bridgehead atoms. The Balaban J connectivity index is 0.00000133. The third-order valence-electron chi connectivity index (χ3n) is 5.03. The standard InChI is InChI=1S/C21H16ClFN8O.C2H6/c1-30(13-7-5-12(23)6-8-13)31-16(29-15-4-2-3-14(22)17(15)21(31)32)9-24-19-18-20(26-10-25-18)28-11-27-19;1-2/h2-8,10-11H,9H2,1H3,(H2,24,25,26,27,28);1-2H3. The lowest BCUT2D eigenvalue weighted by Gasteiger charge is -2.25. The molecule has 5 rings (SSSR count). The highest BCUT2D eigenvalue weighted by atomic mass is 35.5. The van der Waals surface area contributed by atoms with Crippen LogP contribution in [-0.4, -0.2) is 36.6 Å². The molecule has 0 unspecified atom stereocenters. The summed E-state index contributed by atoms with van der Waals surface area (Å²) < 4.78 is 14.8. The van der Waals surface area contributed by atoms with Crippen LogP contribution in [0.3, 0.4) is 0 Å². The number of fused-ring (bicyclic) bond motifs is 2. The summed E-state index contributed by atoms with van der Waals surface area (Å²) in [6, 6.07) is 10.9. The highest BCUT2D eigenvalue weighted by Gasteiger charge is 2.18. The number of hydrogen-bond donors (Lipinski definition) is 2.